The summed E-state index contributed by atoms with van der Waals surface area (Å²) in [4.78, 5) is 61.1. The minimum Gasteiger partial charge on any atom is -0.381 e. The van der Waals surface area contributed by atoms with Crippen LogP contribution >= 0.6 is 0 Å². The largest absolute Gasteiger partial charge is 0.381 e. The van der Waals surface area contributed by atoms with Gasteiger partial charge in [0.2, 0.25) is 12.3 Å². The molecule has 4 fully saturated rings. The van der Waals surface area contributed by atoms with Crippen molar-refractivity contribution in [1.82, 2.24) is 20.4 Å². The number of imide groups is 1. The van der Waals surface area contributed by atoms with E-state index in [2.05, 4.69) is 15.5 Å². The second kappa shape index (κ2) is 16.0. The normalized spacial score (nSPS) is 25.7. The molecule has 4 rings (SSSR count). The number of carbonyl (C=O) groups excluding carboxylic acids is 5. The molecule has 3 saturated carbocycles. The molecule has 5 N–H and O–H groups in total. The summed E-state index contributed by atoms with van der Waals surface area (Å²) < 4.78 is 0. The average Bonchev–Trinajstić information content (AvgIpc) is 3.70. The van der Waals surface area contributed by atoms with Crippen molar-refractivity contribution in [2.45, 2.75) is 154 Å². The van der Waals surface area contributed by atoms with Crippen molar-refractivity contribution in [2.24, 2.45) is 17.1 Å². The van der Waals surface area contributed by atoms with E-state index in [9.17, 15) is 29.1 Å². The summed E-state index contributed by atoms with van der Waals surface area (Å²) >= 11 is 0. The van der Waals surface area contributed by atoms with Crippen LogP contribution in [0.2, 0.25) is 0 Å². The number of rotatable bonds is 10. The molecule has 0 aromatic carbocycles. The number of nitrogens with two attached hydrogens (primary N) is 1. The van der Waals surface area contributed by atoms with Gasteiger partial charge in [-0.05, 0) is 62.7 Å². The molecule has 0 aromatic heterocycles. The van der Waals surface area contributed by atoms with Gasteiger partial charge in [0, 0.05) is 24.7 Å². The van der Waals surface area contributed by atoms with Gasteiger partial charge in [0.1, 0.15) is 0 Å². The van der Waals surface area contributed by atoms with Gasteiger partial charge < -0.3 is 21.5 Å². The van der Waals surface area contributed by atoms with E-state index in [0.717, 1.165) is 30.6 Å². The van der Waals surface area contributed by atoms with Gasteiger partial charge in [-0.2, -0.15) is 0 Å². The lowest BCUT2D eigenvalue weighted by Gasteiger charge is -2.41. The molecule has 0 bridgehead atoms. The van der Waals surface area contributed by atoms with Gasteiger partial charge in [-0.25, -0.2) is 0 Å². The van der Waals surface area contributed by atoms with E-state index in [1.807, 2.05) is 27.7 Å². The van der Waals surface area contributed by atoms with Crippen LogP contribution in [0.3, 0.4) is 0 Å². The Kier molecular flexibility index (Phi) is 13.0. The average molecular weight is 606 g/mol. The van der Waals surface area contributed by atoms with Gasteiger partial charge in [-0.15, -0.1) is 0 Å². The van der Waals surface area contributed by atoms with Crippen LogP contribution in [0.5, 0.6) is 0 Å². The number of likely N-dealkylation sites (tertiary alicyclic amines) is 1. The molecule has 1 saturated heterocycles. The first kappa shape index (κ1) is 35.0. The van der Waals surface area contributed by atoms with Crippen molar-refractivity contribution >= 4 is 30.0 Å². The lowest BCUT2D eigenvalue weighted by atomic mass is 9.84. The molecule has 0 aromatic rings. The number of primary amides is 1. The highest BCUT2D eigenvalue weighted by Crippen LogP contribution is 2.43. The van der Waals surface area contributed by atoms with E-state index in [4.69, 9.17) is 5.73 Å². The maximum atomic E-state index is 13.5. The van der Waals surface area contributed by atoms with E-state index in [1.165, 1.54) is 57.8 Å². The third kappa shape index (κ3) is 10.3. The molecule has 244 valence electrons. The number of nitrogens with one attached hydrogen (secondary N) is 2. The number of hydrogen-bond acceptors (Lipinski definition) is 7. The fourth-order valence-corrected chi connectivity index (χ4v) is 7.05. The molecule has 11 nitrogen and oxygen atoms in total. The lowest BCUT2D eigenvalue weighted by molar-refractivity contribution is -0.148. The monoisotopic (exact) mass is 605 g/mol. The van der Waals surface area contributed by atoms with E-state index < -0.39 is 24.0 Å². The first-order valence-electron chi connectivity index (χ1n) is 16.5. The summed E-state index contributed by atoms with van der Waals surface area (Å²) in [6.45, 7) is 7.74. The zero-order valence-electron chi connectivity index (χ0n) is 26.7. The number of carbonyl (C=O) groups is 5. The maximum absolute atomic E-state index is 13.5. The van der Waals surface area contributed by atoms with Crippen molar-refractivity contribution in [3.05, 3.63) is 0 Å². The van der Waals surface area contributed by atoms with E-state index in [-0.39, 0.29) is 35.9 Å². The molecule has 5 amide bonds. The molecule has 1 aliphatic heterocycles. The molecule has 5 unspecified atom stereocenters. The first-order chi connectivity index (χ1) is 20.4. The van der Waals surface area contributed by atoms with Crippen molar-refractivity contribution in [2.75, 3.05) is 6.54 Å². The predicted octanol–water partition coefficient (Wildman–Crippen LogP) is 2.38. The van der Waals surface area contributed by atoms with E-state index in [0.29, 0.717) is 30.8 Å². The Morgan fingerprint density at radius 3 is 2.19 bits per heavy atom. The van der Waals surface area contributed by atoms with Crippen LogP contribution in [0.1, 0.15) is 118 Å². The Bertz CT molecular complexity index is 974. The Balaban J connectivity index is 0.000000331. The number of aliphatic hydroxyl groups excluding tert-OH is 1. The summed E-state index contributed by atoms with van der Waals surface area (Å²) in [7, 11) is 0. The summed E-state index contributed by atoms with van der Waals surface area (Å²) in [5.41, 5.74) is 4.50. The third-order valence-corrected chi connectivity index (χ3v) is 9.18. The summed E-state index contributed by atoms with van der Waals surface area (Å²) in [6.07, 6.45) is 14.8. The van der Waals surface area contributed by atoms with Gasteiger partial charge in [-0.3, -0.25) is 33.8 Å². The zero-order chi connectivity index (χ0) is 31.7. The minimum absolute atomic E-state index is 0.0340. The Morgan fingerprint density at radius 1 is 1.00 bits per heavy atom. The molecule has 4 aliphatic rings. The highest BCUT2D eigenvalue weighted by Gasteiger charge is 2.48. The van der Waals surface area contributed by atoms with Crippen LogP contribution in [-0.2, 0) is 24.0 Å². The summed E-state index contributed by atoms with van der Waals surface area (Å²) in [5.74, 6) is -1.75. The SMILES string of the molecule is CC(C)(C)CN(C=O)C(=O)C(N)=O.CCCC(NC(=O)C1CC2CCCCC2N1C1CCCCC1)C(O)C(=O)NC1CC1. The number of nitrogens with zero attached hydrogens (tertiary/aromatic N) is 2. The Hall–Kier alpha value is -2.53. The molecule has 3 aliphatic carbocycles. The van der Waals surface area contributed by atoms with E-state index in [1.54, 1.807) is 0 Å². The van der Waals surface area contributed by atoms with Crippen molar-refractivity contribution in [1.29, 1.82) is 0 Å². The highest BCUT2D eigenvalue weighted by atomic mass is 16.3. The zero-order valence-corrected chi connectivity index (χ0v) is 26.7. The molecular formula is C32H55N5O6. The van der Waals surface area contributed by atoms with Crippen molar-refractivity contribution in [3.63, 3.8) is 0 Å². The van der Waals surface area contributed by atoms with E-state index >= 15 is 0 Å². The van der Waals surface area contributed by atoms with Crippen LogP contribution in [0.25, 0.3) is 0 Å². The van der Waals surface area contributed by atoms with Crippen molar-refractivity contribution < 1.29 is 29.1 Å². The van der Waals surface area contributed by atoms with Gasteiger partial charge >= 0.3 is 11.8 Å². The van der Waals surface area contributed by atoms with Crippen LogP contribution < -0.4 is 16.4 Å². The van der Waals surface area contributed by atoms with Crippen LogP contribution in [0.4, 0.5) is 0 Å². The number of fused-ring (bicyclic) bond motifs is 1. The fourth-order valence-electron chi connectivity index (χ4n) is 7.05. The van der Waals surface area contributed by atoms with Crippen LogP contribution in [0.15, 0.2) is 0 Å². The molecule has 0 spiro atoms. The first-order valence-corrected chi connectivity index (χ1v) is 16.5. The van der Waals surface area contributed by atoms with Gasteiger partial charge in [0.15, 0.2) is 6.10 Å². The maximum Gasteiger partial charge on any atom is 0.318 e. The molecule has 1 heterocycles. The van der Waals surface area contributed by atoms with Gasteiger partial charge in [-0.1, -0.05) is 66.2 Å². The minimum atomic E-state index is -1.17. The third-order valence-electron chi connectivity index (χ3n) is 9.18. The Labute approximate surface area is 257 Å². The molecule has 0 radical (unpaired) electrons. The smallest absolute Gasteiger partial charge is 0.318 e. The number of hydrogen-bond donors (Lipinski definition) is 4. The number of aliphatic hydroxyl groups is 1. The van der Waals surface area contributed by atoms with Crippen LogP contribution in [0, 0.1) is 11.3 Å². The molecule has 11 heteroatoms. The quantitative estimate of drug-likeness (QED) is 0.220. The number of amides is 5. The summed E-state index contributed by atoms with van der Waals surface area (Å²) in [6, 6.07) is 0.682. The molecule has 5 atom stereocenters. The fraction of sp³-hybridized carbons (Fsp3) is 0.844. The predicted molar refractivity (Wildman–Crippen MR) is 163 cm³/mol. The second-order valence-corrected chi connectivity index (χ2v) is 14.2. The second-order valence-electron chi connectivity index (χ2n) is 14.2. The molecular weight excluding hydrogens is 550 g/mol. The standard InChI is InChI=1S/C24H41N3O3.C8H14N2O3/c1-2-8-19(22(28)24(30)25-17-13-14-17)26-23(29)21-15-16-9-6-7-12-20(16)27(21)18-10-4-3-5-11-18;1-8(2,3)4-10(5-11)7(13)6(9)12/h16-22,28H,2-15H2,1H3,(H,25,30)(H,26,29);5H,4H2,1-3H3,(H2,9,12). The Morgan fingerprint density at radius 2 is 1.63 bits per heavy atom. The highest BCUT2D eigenvalue weighted by molar-refractivity contribution is 6.36. The van der Waals surface area contributed by atoms with Gasteiger partial charge in [0.05, 0.1) is 12.1 Å². The van der Waals surface area contributed by atoms with Gasteiger partial charge in [0.25, 0.3) is 5.91 Å². The van der Waals surface area contributed by atoms with Crippen LogP contribution in [-0.4, -0.2) is 87.8 Å². The van der Waals surface area contributed by atoms with Crippen molar-refractivity contribution in [3.8, 4) is 0 Å². The topological polar surface area (TPSA) is 162 Å². The lowest BCUT2D eigenvalue weighted by Crippen LogP contribution is -2.57. The molecule has 43 heavy (non-hydrogen) atoms. The summed E-state index contributed by atoms with van der Waals surface area (Å²) in [5, 5.41) is 16.7.